The lowest BCUT2D eigenvalue weighted by Gasteiger charge is -2.22. The number of hydrogen-bond donors (Lipinski definition) is 1. The lowest BCUT2D eigenvalue weighted by molar-refractivity contribution is -0.142. The summed E-state index contributed by atoms with van der Waals surface area (Å²) in [6, 6.07) is 5.29. The van der Waals surface area contributed by atoms with E-state index in [4.69, 9.17) is 21.1 Å². The molecule has 2 heterocycles. The average molecular weight is 308 g/mol. The summed E-state index contributed by atoms with van der Waals surface area (Å²) < 4.78 is 12.4. The van der Waals surface area contributed by atoms with Crippen LogP contribution >= 0.6 is 11.6 Å². The van der Waals surface area contributed by atoms with Gasteiger partial charge in [0.2, 0.25) is 0 Å². The Labute approximate surface area is 126 Å². The first-order valence-electron chi connectivity index (χ1n) is 6.52. The molecule has 0 radical (unpaired) electrons. The maximum Gasteiger partial charge on any atom is 0.255 e. The van der Waals surface area contributed by atoms with E-state index in [0.717, 1.165) is 5.69 Å². The molecule has 7 heteroatoms. The zero-order valence-corrected chi connectivity index (χ0v) is 11.9. The number of aromatic nitrogens is 2. The summed E-state index contributed by atoms with van der Waals surface area (Å²) in [7, 11) is 0. The lowest BCUT2D eigenvalue weighted by Crippen LogP contribution is -2.39. The van der Waals surface area contributed by atoms with Crippen LogP contribution in [0, 0.1) is 0 Å². The number of anilines is 1. The van der Waals surface area contributed by atoms with Crippen LogP contribution in [0.5, 0.6) is 0 Å². The van der Waals surface area contributed by atoms with Gasteiger partial charge in [0, 0.05) is 18.1 Å². The number of amides is 1. The highest BCUT2D eigenvalue weighted by Crippen LogP contribution is 2.24. The van der Waals surface area contributed by atoms with Crippen LogP contribution in [-0.2, 0) is 14.3 Å². The van der Waals surface area contributed by atoms with Crippen molar-refractivity contribution in [2.75, 3.05) is 25.1 Å². The first-order chi connectivity index (χ1) is 10.2. The van der Waals surface area contributed by atoms with Crippen LogP contribution in [0.25, 0.3) is 5.69 Å². The fourth-order valence-corrected chi connectivity index (χ4v) is 2.34. The number of nitrogens with zero attached hydrogens (tertiary/aromatic N) is 2. The fourth-order valence-electron chi connectivity index (χ4n) is 2.06. The second-order valence-corrected chi connectivity index (χ2v) is 4.97. The predicted octanol–water partition coefficient (Wildman–Crippen LogP) is 1.88. The van der Waals surface area contributed by atoms with Gasteiger partial charge in [0.25, 0.3) is 5.91 Å². The molecular formula is C14H14ClN3O3. The molecular weight excluding hydrogens is 294 g/mol. The predicted molar refractivity (Wildman–Crippen MR) is 77.8 cm³/mol. The number of ether oxygens (including phenoxy) is 2. The van der Waals surface area contributed by atoms with Crippen molar-refractivity contribution in [3.63, 3.8) is 0 Å². The molecule has 1 aromatic heterocycles. The van der Waals surface area contributed by atoms with Crippen molar-refractivity contribution in [3.8, 4) is 5.69 Å². The minimum absolute atomic E-state index is 0.235. The molecule has 0 aliphatic carbocycles. The third-order valence-electron chi connectivity index (χ3n) is 3.11. The molecule has 1 unspecified atom stereocenters. The van der Waals surface area contributed by atoms with E-state index in [2.05, 4.69) is 10.3 Å². The van der Waals surface area contributed by atoms with E-state index in [1.807, 2.05) is 6.07 Å². The number of carbonyl (C=O) groups excluding carboxylic acids is 1. The smallest absolute Gasteiger partial charge is 0.255 e. The van der Waals surface area contributed by atoms with Gasteiger partial charge in [-0.25, -0.2) is 4.98 Å². The van der Waals surface area contributed by atoms with E-state index >= 15 is 0 Å². The molecule has 1 atom stereocenters. The van der Waals surface area contributed by atoms with E-state index in [9.17, 15) is 4.79 Å². The quantitative estimate of drug-likeness (QED) is 0.940. The Hall–Kier alpha value is -1.89. The van der Waals surface area contributed by atoms with E-state index in [-0.39, 0.29) is 12.5 Å². The lowest BCUT2D eigenvalue weighted by atomic mass is 10.2. The Morgan fingerprint density at radius 1 is 1.43 bits per heavy atom. The molecule has 1 fully saturated rings. The molecule has 6 nitrogen and oxygen atoms in total. The maximum atomic E-state index is 12.0. The second-order valence-electron chi connectivity index (χ2n) is 4.56. The Morgan fingerprint density at radius 3 is 3.00 bits per heavy atom. The van der Waals surface area contributed by atoms with Gasteiger partial charge >= 0.3 is 0 Å². The summed E-state index contributed by atoms with van der Waals surface area (Å²) >= 11 is 6.23. The van der Waals surface area contributed by atoms with Crippen molar-refractivity contribution in [1.29, 1.82) is 0 Å². The highest BCUT2D eigenvalue weighted by Gasteiger charge is 2.22. The van der Waals surface area contributed by atoms with Crippen LogP contribution in [0.4, 0.5) is 5.69 Å². The SMILES string of the molecule is O=C(Nc1ccc(-n2ccnc2)c(Cl)c1)C1COCCO1. The normalized spacial score (nSPS) is 18.4. The third-order valence-corrected chi connectivity index (χ3v) is 3.41. The molecule has 1 saturated heterocycles. The summed E-state index contributed by atoms with van der Waals surface area (Å²) in [6.07, 6.45) is 4.55. The molecule has 110 valence electrons. The first kappa shape index (κ1) is 14.1. The first-order valence-corrected chi connectivity index (χ1v) is 6.90. The number of imidazole rings is 1. The monoisotopic (exact) mass is 307 g/mol. The van der Waals surface area contributed by atoms with Crippen LogP contribution in [0.2, 0.25) is 5.02 Å². The summed E-state index contributed by atoms with van der Waals surface area (Å²) in [5, 5.41) is 3.29. The standard InChI is InChI=1S/C14H14ClN3O3/c15-11-7-10(1-2-12(11)18-4-3-16-9-18)17-14(19)13-8-20-5-6-21-13/h1-4,7,9,13H,5-6,8H2,(H,17,19). The van der Waals surface area contributed by atoms with E-state index < -0.39 is 6.10 Å². The number of nitrogens with one attached hydrogen (secondary N) is 1. The molecule has 21 heavy (non-hydrogen) atoms. The molecule has 0 spiro atoms. The van der Waals surface area contributed by atoms with Crippen LogP contribution in [-0.4, -0.2) is 41.4 Å². The number of benzene rings is 1. The highest BCUT2D eigenvalue weighted by atomic mass is 35.5. The van der Waals surface area contributed by atoms with Gasteiger partial charge in [-0.1, -0.05) is 11.6 Å². The van der Waals surface area contributed by atoms with E-state index in [1.165, 1.54) is 0 Å². The topological polar surface area (TPSA) is 65.4 Å². The summed E-state index contributed by atoms with van der Waals surface area (Å²) in [6.45, 7) is 1.22. The largest absolute Gasteiger partial charge is 0.376 e. The molecule has 0 bridgehead atoms. The van der Waals surface area contributed by atoms with E-state index in [1.54, 1.807) is 35.4 Å². The number of halogens is 1. The van der Waals surface area contributed by atoms with Crippen molar-refractivity contribution in [3.05, 3.63) is 41.9 Å². The van der Waals surface area contributed by atoms with Gasteiger partial charge in [-0.05, 0) is 18.2 Å². The van der Waals surface area contributed by atoms with Gasteiger partial charge in [-0.15, -0.1) is 0 Å². The molecule has 0 saturated carbocycles. The Morgan fingerprint density at radius 2 is 2.33 bits per heavy atom. The van der Waals surface area contributed by atoms with E-state index in [0.29, 0.717) is 23.9 Å². The highest BCUT2D eigenvalue weighted by molar-refractivity contribution is 6.32. The van der Waals surface area contributed by atoms with Crippen LogP contribution < -0.4 is 5.32 Å². The molecule has 1 amide bonds. The molecule has 3 rings (SSSR count). The zero-order chi connectivity index (χ0) is 14.7. The van der Waals surface area contributed by atoms with Crippen molar-refractivity contribution in [1.82, 2.24) is 9.55 Å². The zero-order valence-electron chi connectivity index (χ0n) is 11.2. The molecule has 1 aromatic carbocycles. The summed E-state index contributed by atoms with van der Waals surface area (Å²) in [5.74, 6) is -0.235. The van der Waals surface area contributed by atoms with Crippen molar-refractivity contribution < 1.29 is 14.3 Å². The Bertz CT molecular complexity index is 624. The average Bonchev–Trinajstić information content (AvgIpc) is 3.02. The fraction of sp³-hybridized carbons (Fsp3) is 0.286. The van der Waals surface area contributed by atoms with Crippen LogP contribution in [0.15, 0.2) is 36.9 Å². The minimum Gasteiger partial charge on any atom is -0.376 e. The Balaban J connectivity index is 1.72. The number of rotatable bonds is 3. The molecule has 1 aliphatic rings. The van der Waals surface area contributed by atoms with Crippen molar-refractivity contribution in [2.45, 2.75) is 6.10 Å². The maximum absolute atomic E-state index is 12.0. The van der Waals surface area contributed by atoms with Crippen molar-refractivity contribution in [2.24, 2.45) is 0 Å². The number of hydrogen-bond acceptors (Lipinski definition) is 4. The van der Waals surface area contributed by atoms with Gasteiger partial charge in [-0.3, -0.25) is 4.79 Å². The van der Waals surface area contributed by atoms with Gasteiger partial charge in [0.05, 0.1) is 36.9 Å². The van der Waals surface area contributed by atoms with Crippen molar-refractivity contribution >= 4 is 23.2 Å². The van der Waals surface area contributed by atoms with Gasteiger partial charge in [-0.2, -0.15) is 0 Å². The third kappa shape index (κ3) is 3.24. The molecule has 2 aromatic rings. The summed E-state index contributed by atoms with van der Waals surface area (Å²) in [4.78, 5) is 16.0. The van der Waals surface area contributed by atoms with Crippen LogP contribution in [0.1, 0.15) is 0 Å². The molecule has 1 aliphatic heterocycles. The number of carbonyl (C=O) groups is 1. The molecule has 1 N–H and O–H groups in total. The van der Waals surface area contributed by atoms with Gasteiger partial charge in [0.1, 0.15) is 0 Å². The Kier molecular flexibility index (Phi) is 4.19. The summed E-state index contributed by atoms with van der Waals surface area (Å²) in [5.41, 5.74) is 1.41. The minimum atomic E-state index is -0.578. The van der Waals surface area contributed by atoms with Gasteiger partial charge in [0.15, 0.2) is 6.10 Å². The second kappa shape index (κ2) is 6.26. The van der Waals surface area contributed by atoms with Crippen LogP contribution in [0.3, 0.4) is 0 Å². The van der Waals surface area contributed by atoms with Gasteiger partial charge < -0.3 is 19.4 Å².